The van der Waals surface area contributed by atoms with E-state index in [1.807, 2.05) is 5.32 Å². The van der Waals surface area contributed by atoms with E-state index in [9.17, 15) is 27.9 Å². The van der Waals surface area contributed by atoms with Crippen molar-refractivity contribution in [3.8, 4) is 0 Å². The molecule has 0 aromatic heterocycles. The van der Waals surface area contributed by atoms with E-state index >= 15 is 0 Å². The van der Waals surface area contributed by atoms with Crippen LogP contribution in [0.25, 0.3) is 0 Å². The molecule has 11 heteroatoms. The van der Waals surface area contributed by atoms with Gasteiger partial charge in [0.15, 0.2) is 0 Å². The second-order valence-corrected chi connectivity index (χ2v) is 7.34. The molecule has 0 unspecified atom stereocenters. The summed E-state index contributed by atoms with van der Waals surface area (Å²) >= 11 is 7.33. The minimum absolute atomic E-state index is 0.00309. The molecule has 0 spiro atoms. The second-order valence-electron chi connectivity index (χ2n) is 5.78. The monoisotopic (exact) mass is 433 g/mol. The van der Waals surface area contributed by atoms with Gasteiger partial charge in [-0.25, -0.2) is 4.79 Å². The maximum atomic E-state index is 12.7. The Morgan fingerprint density at radius 3 is 2.14 bits per heavy atom. The van der Waals surface area contributed by atoms with E-state index in [4.69, 9.17) is 17.3 Å². The number of carbonyl (C=O) groups is 2. The highest BCUT2D eigenvalue weighted by molar-refractivity contribution is 7.99. The van der Waals surface area contributed by atoms with Crippen molar-refractivity contribution in [2.45, 2.75) is 28.5 Å². The number of amides is 3. The molecule has 5 N–H and O–H groups in total. The van der Waals surface area contributed by atoms with Crippen molar-refractivity contribution < 1.29 is 27.9 Å². The predicted molar refractivity (Wildman–Crippen MR) is 101 cm³/mol. The molecule has 2 aromatic rings. The number of nitrogens with two attached hydrogens (primary N) is 1. The Bertz CT molecular complexity index is 889. The van der Waals surface area contributed by atoms with Gasteiger partial charge in [-0.1, -0.05) is 23.4 Å². The summed E-state index contributed by atoms with van der Waals surface area (Å²) in [6.07, 6.45) is -5.13. The lowest BCUT2D eigenvalue weighted by Gasteiger charge is -2.25. The first kappa shape index (κ1) is 21.9. The average molecular weight is 434 g/mol. The first-order valence-electron chi connectivity index (χ1n) is 7.64. The fourth-order valence-corrected chi connectivity index (χ4v) is 3.07. The summed E-state index contributed by atoms with van der Waals surface area (Å²) in [5.41, 5.74) is 1.92. The van der Waals surface area contributed by atoms with E-state index in [0.717, 1.165) is 4.90 Å². The van der Waals surface area contributed by atoms with Gasteiger partial charge in [-0.2, -0.15) is 13.2 Å². The number of carbonyl (C=O) groups excluding carboxylic acids is 2. The number of rotatable bonds is 5. The number of benzene rings is 2. The quantitative estimate of drug-likeness (QED) is 0.566. The van der Waals surface area contributed by atoms with Crippen LogP contribution in [0.2, 0.25) is 5.02 Å². The maximum absolute atomic E-state index is 12.7. The molecule has 1 atom stereocenters. The number of nitrogens with one attached hydrogen (secondary N) is 2. The lowest BCUT2D eigenvalue weighted by Crippen LogP contribution is -2.52. The number of primary amides is 1. The number of alkyl halides is 3. The third-order valence-electron chi connectivity index (χ3n) is 3.54. The van der Waals surface area contributed by atoms with Crippen LogP contribution < -0.4 is 16.4 Å². The van der Waals surface area contributed by atoms with Crippen LogP contribution >= 0.6 is 23.4 Å². The molecule has 0 bridgehead atoms. The summed E-state index contributed by atoms with van der Waals surface area (Å²) in [6, 6.07) is 10.4. The minimum atomic E-state index is -5.13. The van der Waals surface area contributed by atoms with Gasteiger partial charge in [0.05, 0.1) is 10.7 Å². The van der Waals surface area contributed by atoms with Crippen molar-refractivity contribution in [2.24, 2.45) is 5.73 Å². The second kappa shape index (κ2) is 8.29. The van der Waals surface area contributed by atoms with Crippen LogP contribution in [0.15, 0.2) is 52.3 Å². The van der Waals surface area contributed by atoms with Gasteiger partial charge < -0.3 is 21.5 Å². The minimum Gasteiger partial charge on any atom is -0.373 e. The van der Waals surface area contributed by atoms with Gasteiger partial charge in [0.25, 0.3) is 5.91 Å². The van der Waals surface area contributed by atoms with Gasteiger partial charge >= 0.3 is 12.2 Å². The van der Waals surface area contributed by atoms with E-state index in [0.29, 0.717) is 17.5 Å². The SMILES string of the molecule is C[C@@](O)(C(=O)Nc1ccc(Sc2ccc(NC(N)=O)cc2)cc1Cl)C(F)(F)F. The Morgan fingerprint density at radius 1 is 1.07 bits per heavy atom. The molecule has 3 amide bonds. The van der Waals surface area contributed by atoms with Crippen LogP contribution in [0.5, 0.6) is 0 Å². The van der Waals surface area contributed by atoms with Gasteiger partial charge in [0.1, 0.15) is 0 Å². The van der Waals surface area contributed by atoms with Crippen molar-refractivity contribution >= 4 is 46.7 Å². The fourth-order valence-electron chi connectivity index (χ4n) is 1.92. The zero-order valence-electron chi connectivity index (χ0n) is 14.3. The first-order valence-corrected chi connectivity index (χ1v) is 8.84. The number of hydrogen-bond acceptors (Lipinski definition) is 4. The molecule has 6 nitrogen and oxygen atoms in total. The van der Waals surface area contributed by atoms with E-state index in [-0.39, 0.29) is 10.7 Å². The average Bonchev–Trinajstić information content (AvgIpc) is 2.57. The van der Waals surface area contributed by atoms with Gasteiger partial charge in [-0.3, -0.25) is 4.79 Å². The number of hydrogen-bond donors (Lipinski definition) is 4. The number of anilines is 2. The van der Waals surface area contributed by atoms with Crippen LogP contribution in [-0.4, -0.2) is 28.8 Å². The third kappa shape index (κ3) is 5.31. The van der Waals surface area contributed by atoms with Crippen LogP contribution in [0, 0.1) is 0 Å². The van der Waals surface area contributed by atoms with Gasteiger partial charge in [0.2, 0.25) is 5.60 Å². The normalized spacial score (nSPS) is 13.5. The largest absolute Gasteiger partial charge is 0.426 e. The Hall–Kier alpha value is -2.43. The summed E-state index contributed by atoms with van der Waals surface area (Å²) in [5.74, 6) is -1.64. The summed E-state index contributed by atoms with van der Waals surface area (Å²) in [7, 11) is 0. The molecule has 0 saturated carbocycles. The Labute approximate surface area is 167 Å². The van der Waals surface area contributed by atoms with Crippen molar-refractivity contribution in [1.29, 1.82) is 0 Å². The summed E-state index contributed by atoms with van der Waals surface area (Å²) < 4.78 is 38.1. The molecule has 150 valence electrons. The van der Waals surface area contributed by atoms with E-state index in [1.165, 1.54) is 23.9 Å². The van der Waals surface area contributed by atoms with Crippen molar-refractivity contribution in [3.63, 3.8) is 0 Å². The summed E-state index contributed by atoms with van der Waals surface area (Å²) in [6.45, 7) is 0.358. The smallest absolute Gasteiger partial charge is 0.373 e. The number of urea groups is 1. The molecule has 0 radical (unpaired) electrons. The first-order chi connectivity index (χ1) is 12.9. The van der Waals surface area contributed by atoms with Crippen molar-refractivity contribution in [3.05, 3.63) is 47.5 Å². The van der Waals surface area contributed by atoms with Crippen LogP contribution in [0.3, 0.4) is 0 Å². The number of halogens is 4. The lowest BCUT2D eigenvalue weighted by atomic mass is 10.1. The topological polar surface area (TPSA) is 104 Å². The van der Waals surface area contributed by atoms with Gasteiger partial charge in [-0.05, 0) is 49.4 Å². The van der Waals surface area contributed by atoms with E-state index in [1.54, 1.807) is 30.3 Å². The van der Waals surface area contributed by atoms with Gasteiger partial charge in [0, 0.05) is 15.5 Å². The lowest BCUT2D eigenvalue weighted by molar-refractivity contribution is -0.242. The predicted octanol–water partition coefficient (Wildman–Crippen LogP) is 4.23. The molecular weight excluding hydrogens is 419 g/mol. The molecule has 28 heavy (non-hydrogen) atoms. The molecular formula is C17H15ClF3N3O3S. The zero-order valence-corrected chi connectivity index (χ0v) is 15.9. The van der Waals surface area contributed by atoms with E-state index < -0.39 is 23.7 Å². The maximum Gasteiger partial charge on any atom is 0.426 e. The molecule has 0 aliphatic carbocycles. The molecule has 0 heterocycles. The summed E-state index contributed by atoms with van der Waals surface area (Å²) in [5, 5.41) is 13.8. The van der Waals surface area contributed by atoms with Gasteiger partial charge in [-0.15, -0.1) is 0 Å². The Balaban J connectivity index is 2.10. The molecule has 0 aliphatic heterocycles. The molecule has 2 rings (SSSR count). The van der Waals surface area contributed by atoms with Crippen molar-refractivity contribution in [2.75, 3.05) is 10.6 Å². The molecule has 0 saturated heterocycles. The van der Waals surface area contributed by atoms with Crippen molar-refractivity contribution in [1.82, 2.24) is 0 Å². The highest BCUT2D eigenvalue weighted by atomic mass is 35.5. The summed E-state index contributed by atoms with van der Waals surface area (Å²) in [4.78, 5) is 24.0. The van der Waals surface area contributed by atoms with Crippen LogP contribution in [0.4, 0.5) is 29.3 Å². The molecule has 0 fully saturated rings. The van der Waals surface area contributed by atoms with E-state index in [2.05, 4.69) is 5.32 Å². The highest BCUT2D eigenvalue weighted by Crippen LogP contribution is 2.35. The Morgan fingerprint density at radius 2 is 1.64 bits per heavy atom. The standard InChI is InChI=1S/C17H15ClF3N3O3S/c1-16(27,17(19,20)21)14(25)24-13-7-6-11(8-12(13)18)28-10-4-2-9(3-5-10)23-15(22)26/h2-8,27H,1H3,(H,24,25)(H3,22,23,26)/t16-/m1/s1. The molecule has 0 aliphatic rings. The van der Waals surface area contributed by atoms with Crippen LogP contribution in [0.1, 0.15) is 6.92 Å². The zero-order chi connectivity index (χ0) is 21.1. The Kier molecular flexibility index (Phi) is 6.48. The highest BCUT2D eigenvalue weighted by Gasteiger charge is 2.55. The molecule has 2 aromatic carbocycles. The number of aliphatic hydroxyl groups is 1. The fraction of sp³-hybridized carbons (Fsp3) is 0.176. The third-order valence-corrected chi connectivity index (χ3v) is 4.85. The van der Waals surface area contributed by atoms with Crippen LogP contribution in [-0.2, 0) is 4.79 Å².